The molecule has 0 aromatic heterocycles. The summed E-state index contributed by atoms with van der Waals surface area (Å²) in [4.78, 5) is 38.2. The van der Waals surface area contributed by atoms with Gasteiger partial charge in [-0.2, -0.15) is 0 Å². The molecule has 0 radical (unpaired) electrons. The van der Waals surface area contributed by atoms with Gasteiger partial charge < -0.3 is 15.6 Å². The summed E-state index contributed by atoms with van der Waals surface area (Å²) in [6, 6.07) is 8.62. The van der Waals surface area contributed by atoms with Gasteiger partial charge in [-0.15, -0.1) is 0 Å². The molecule has 3 amide bonds. The van der Waals surface area contributed by atoms with Crippen LogP contribution in [0.2, 0.25) is 13.1 Å². The lowest BCUT2D eigenvalue weighted by atomic mass is 9.87. The van der Waals surface area contributed by atoms with E-state index in [-0.39, 0.29) is 11.3 Å². The third kappa shape index (κ3) is 4.54. The second kappa shape index (κ2) is 7.92. The van der Waals surface area contributed by atoms with Gasteiger partial charge in [0.25, 0.3) is 0 Å². The van der Waals surface area contributed by atoms with Crippen LogP contribution < -0.4 is 15.6 Å². The van der Waals surface area contributed by atoms with E-state index in [2.05, 4.69) is 36.4 Å². The van der Waals surface area contributed by atoms with E-state index in [1.807, 2.05) is 37.4 Å². The van der Waals surface area contributed by atoms with Crippen LogP contribution in [0.4, 0.5) is 0 Å². The fraction of sp³-hybridized carbons (Fsp3) is 0.350. The molecular formula is C20H27N3O3Si. The molecule has 1 aliphatic carbocycles. The van der Waals surface area contributed by atoms with E-state index < -0.39 is 14.3 Å². The Morgan fingerprint density at radius 2 is 1.70 bits per heavy atom. The minimum absolute atomic E-state index is 0.148. The molecule has 3 N–H and O–H groups in total. The highest BCUT2D eigenvalue weighted by molar-refractivity contribution is 6.85. The highest BCUT2D eigenvalue weighted by atomic mass is 28.3. The Balaban J connectivity index is 2.49. The summed E-state index contributed by atoms with van der Waals surface area (Å²) in [5, 5.41) is 6.44. The monoisotopic (exact) mass is 385 g/mol. The van der Waals surface area contributed by atoms with Gasteiger partial charge in [-0.25, -0.2) is 0 Å². The molecule has 144 valence electrons. The van der Waals surface area contributed by atoms with Crippen LogP contribution in [0.25, 0.3) is 0 Å². The molecule has 0 aliphatic heterocycles. The number of carbonyl (C=O) groups is 3. The van der Waals surface area contributed by atoms with Gasteiger partial charge in [-0.05, 0) is 41.4 Å². The Morgan fingerprint density at radius 3 is 2.22 bits per heavy atom. The van der Waals surface area contributed by atoms with Gasteiger partial charge in [-0.1, -0.05) is 45.0 Å². The van der Waals surface area contributed by atoms with E-state index in [9.17, 15) is 14.4 Å². The number of rotatable bonds is 7. The molecule has 0 spiro atoms. The highest BCUT2D eigenvalue weighted by Crippen LogP contribution is 2.41. The van der Waals surface area contributed by atoms with Crippen LogP contribution in [0.3, 0.4) is 0 Å². The quantitative estimate of drug-likeness (QED) is 0.497. The standard InChI is InChI=1S/C20H27N3O3Si/c1-20(2,3)15-11-16(21-12-24)17(22-13-25)18(15)27(4,5)23-19(26)14-9-7-6-8-10-14/h6-13,16H,1-5H3,(H,21,24)(H,22,25)(H,23,26). The van der Waals surface area contributed by atoms with Crippen molar-refractivity contribution in [3.8, 4) is 0 Å². The third-order valence-electron chi connectivity index (χ3n) is 4.54. The number of hydrogen-bond donors (Lipinski definition) is 3. The summed E-state index contributed by atoms with van der Waals surface area (Å²) in [6.45, 7) is 10.3. The van der Waals surface area contributed by atoms with Crippen LogP contribution in [-0.2, 0) is 9.59 Å². The Kier molecular flexibility index (Phi) is 6.05. The van der Waals surface area contributed by atoms with Crippen molar-refractivity contribution < 1.29 is 14.4 Å². The molecule has 1 unspecified atom stereocenters. The maximum atomic E-state index is 12.8. The van der Waals surface area contributed by atoms with E-state index in [4.69, 9.17) is 0 Å². The molecule has 2 rings (SSSR count). The van der Waals surface area contributed by atoms with Crippen LogP contribution >= 0.6 is 0 Å². The summed E-state index contributed by atoms with van der Waals surface area (Å²) < 4.78 is 0. The van der Waals surface area contributed by atoms with Crippen molar-refractivity contribution in [1.29, 1.82) is 0 Å². The number of allylic oxidation sites excluding steroid dienone is 2. The van der Waals surface area contributed by atoms with Crippen molar-refractivity contribution >= 4 is 27.0 Å². The lowest BCUT2D eigenvalue weighted by Crippen LogP contribution is -2.52. The summed E-state index contributed by atoms with van der Waals surface area (Å²) in [5.74, 6) is -0.148. The first kappa shape index (κ1) is 20.6. The van der Waals surface area contributed by atoms with E-state index in [0.29, 0.717) is 24.1 Å². The highest BCUT2D eigenvalue weighted by Gasteiger charge is 2.42. The van der Waals surface area contributed by atoms with Crippen molar-refractivity contribution in [2.45, 2.75) is 39.9 Å². The van der Waals surface area contributed by atoms with Crippen LogP contribution in [0.5, 0.6) is 0 Å². The van der Waals surface area contributed by atoms with Gasteiger partial charge in [0.2, 0.25) is 18.7 Å². The Morgan fingerprint density at radius 1 is 1.07 bits per heavy atom. The lowest BCUT2D eigenvalue weighted by molar-refractivity contribution is -0.111. The number of hydrogen-bond acceptors (Lipinski definition) is 3. The van der Waals surface area contributed by atoms with E-state index >= 15 is 0 Å². The molecule has 1 aromatic rings. The predicted molar refractivity (Wildman–Crippen MR) is 108 cm³/mol. The SMILES string of the molecule is CC(C)(C)C1=CC(NC=O)C(NC=O)=C1[Si](C)(C)NC(=O)c1ccccc1. The summed E-state index contributed by atoms with van der Waals surface area (Å²) in [5.41, 5.74) is 2.03. The van der Waals surface area contributed by atoms with Crippen molar-refractivity contribution in [2.75, 3.05) is 0 Å². The predicted octanol–water partition coefficient (Wildman–Crippen LogP) is 2.26. The van der Waals surface area contributed by atoms with Gasteiger partial charge in [0.1, 0.15) is 0 Å². The summed E-state index contributed by atoms with van der Waals surface area (Å²) >= 11 is 0. The van der Waals surface area contributed by atoms with Crippen molar-refractivity contribution in [3.05, 3.63) is 58.4 Å². The molecule has 6 nitrogen and oxygen atoms in total. The molecular weight excluding hydrogens is 358 g/mol. The van der Waals surface area contributed by atoms with Crippen molar-refractivity contribution in [3.63, 3.8) is 0 Å². The first-order valence-corrected chi connectivity index (χ1v) is 11.9. The van der Waals surface area contributed by atoms with Crippen LogP contribution in [0.1, 0.15) is 31.1 Å². The molecule has 0 fully saturated rings. The zero-order valence-electron chi connectivity index (χ0n) is 16.4. The molecule has 0 saturated heterocycles. The normalized spacial score (nSPS) is 17.2. The van der Waals surface area contributed by atoms with Crippen LogP contribution in [0.15, 0.2) is 52.9 Å². The zero-order chi connectivity index (χ0) is 20.2. The lowest BCUT2D eigenvalue weighted by Gasteiger charge is -2.33. The molecule has 0 heterocycles. The van der Waals surface area contributed by atoms with Crippen LogP contribution in [-0.4, -0.2) is 33.0 Å². The second-order valence-corrected chi connectivity index (χ2v) is 12.1. The Labute approximate surface area is 161 Å². The summed E-state index contributed by atoms with van der Waals surface area (Å²) in [6.07, 6.45) is 3.19. The van der Waals surface area contributed by atoms with Gasteiger partial charge in [-0.3, -0.25) is 14.4 Å². The molecule has 27 heavy (non-hydrogen) atoms. The maximum absolute atomic E-state index is 12.8. The molecule has 1 aromatic carbocycles. The number of amides is 3. The Hall–Kier alpha value is -2.67. The fourth-order valence-electron chi connectivity index (χ4n) is 3.37. The maximum Gasteiger partial charge on any atom is 0.243 e. The Bertz CT molecular complexity index is 792. The van der Waals surface area contributed by atoms with Crippen molar-refractivity contribution in [2.24, 2.45) is 5.41 Å². The fourth-order valence-corrected chi connectivity index (χ4v) is 6.24. The first-order valence-electron chi connectivity index (χ1n) is 8.86. The minimum Gasteiger partial charge on any atom is -0.374 e. The second-order valence-electron chi connectivity index (χ2n) is 8.09. The third-order valence-corrected chi connectivity index (χ3v) is 7.18. The average Bonchev–Trinajstić information content (AvgIpc) is 2.96. The summed E-state index contributed by atoms with van der Waals surface area (Å²) in [7, 11) is -2.53. The van der Waals surface area contributed by atoms with Crippen LogP contribution in [0, 0.1) is 5.41 Å². The largest absolute Gasteiger partial charge is 0.374 e. The number of benzene rings is 1. The minimum atomic E-state index is -2.53. The van der Waals surface area contributed by atoms with Gasteiger partial charge in [0, 0.05) is 11.3 Å². The van der Waals surface area contributed by atoms with Crippen molar-refractivity contribution in [1.82, 2.24) is 15.6 Å². The van der Waals surface area contributed by atoms with Gasteiger partial charge in [0.15, 0.2) is 8.24 Å². The molecule has 0 saturated carbocycles. The molecule has 7 heteroatoms. The van der Waals surface area contributed by atoms with E-state index in [0.717, 1.165) is 10.8 Å². The number of carbonyl (C=O) groups excluding carboxylic acids is 3. The van der Waals surface area contributed by atoms with Gasteiger partial charge >= 0.3 is 0 Å². The molecule has 1 atom stereocenters. The smallest absolute Gasteiger partial charge is 0.243 e. The van der Waals surface area contributed by atoms with E-state index in [1.54, 1.807) is 12.1 Å². The van der Waals surface area contributed by atoms with Gasteiger partial charge in [0.05, 0.1) is 6.04 Å². The molecule has 0 bridgehead atoms. The zero-order valence-corrected chi connectivity index (χ0v) is 17.4. The van der Waals surface area contributed by atoms with E-state index in [1.165, 1.54) is 0 Å². The topological polar surface area (TPSA) is 87.3 Å². The average molecular weight is 386 g/mol. The molecule has 1 aliphatic rings. The first-order chi connectivity index (χ1) is 12.6. The number of nitrogens with one attached hydrogen (secondary N) is 3.